The molecule has 4 aliphatic carbocycles. The standard InChI is InChI=1S/C44H50N8O4/c1-25-19-21-49(41(53)43(55)51(31-11-12-31)32-13-14-32)37(25)39-45-23-35(47-39)29-7-3-27(4-8-29)28-5-9-30(10-6-28)36-24-46-40(48-36)38-26(2)20-22-50(38)42(54)44(56)52(33-15-16-33)34-17-18-34/h3-10,23-26,31-34,37-38H,11-22H2,1-2H3,(H,45,47)(H,46,48)/t25-,26?,37?,38+/m1/s1. The SMILES string of the molecule is CC1CCN(C(=O)C(=O)N(C2CC2)C2CC2)[C@@H]1c1ncc(-c2ccc(-c3ccc(-c4cnc(C5[C@H](C)CCN5C(=O)C(=O)N(C5CC5)C5CC5)[nH]4)cc3)cc2)[nH]1. The number of carbonyl (C=O) groups excluding carboxylic acids is 4. The summed E-state index contributed by atoms with van der Waals surface area (Å²) >= 11 is 0. The van der Waals surface area contributed by atoms with Gasteiger partial charge in [-0.1, -0.05) is 62.4 Å². The molecule has 0 spiro atoms. The lowest BCUT2D eigenvalue weighted by Crippen LogP contribution is -2.47. The van der Waals surface area contributed by atoms with Crippen molar-refractivity contribution < 1.29 is 19.2 Å². The molecular formula is C44H50N8O4. The molecule has 4 aromatic rings. The van der Waals surface area contributed by atoms with Gasteiger partial charge in [-0.05, 0) is 98.3 Å². The Morgan fingerprint density at radius 3 is 1.16 bits per heavy atom. The van der Waals surface area contributed by atoms with E-state index >= 15 is 0 Å². The van der Waals surface area contributed by atoms with Crippen LogP contribution in [0.4, 0.5) is 0 Å². The van der Waals surface area contributed by atoms with Crippen molar-refractivity contribution in [1.29, 1.82) is 0 Å². The predicted octanol–water partition coefficient (Wildman–Crippen LogP) is 6.26. The van der Waals surface area contributed by atoms with E-state index in [1.165, 1.54) is 0 Å². The highest BCUT2D eigenvalue weighted by molar-refractivity contribution is 6.35. The molecule has 2 aromatic heterocycles. The Morgan fingerprint density at radius 1 is 0.518 bits per heavy atom. The Kier molecular flexibility index (Phi) is 8.63. The third-order valence-electron chi connectivity index (χ3n) is 13.0. The van der Waals surface area contributed by atoms with Gasteiger partial charge in [0, 0.05) is 37.3 Å². The number of amides is 4. The zero-order valence-corrected chi connectivity index (χ0v) is 32.2. The quantitative estimate of drug-likeness (QED) is 0.194. The number of hydrogen-bond donors (Lipinski definition) is 2. The summed E-state index contributed by atoms with van der Waals surface area (Å²) in [5.74, 6) is 0.370. The van der Waals surface area contributed by atoms with Gasteiger partial charge in [-0.15, -0.1) is 0 Å². The number of aromatic nitrogens is 4. The van der Waals surface area contributed by atoms with Crippen molar-refractivity contribution >= 4 is 23.6 Å². The zero-order chi connectivity index (χ0) is 38.2. The first-order valence-corrected chi connectivity index (χ1v) is 20.8. The Labute approximate surface area is 327 Å². The van der Waals surface area contributed by atoms with Crippen LogP contribution in [0.25, 0.3) is 33.6 Å². The van der Waals surface area contributed by atoms with E-state index < -0.39 is 11.8 Å². The van der Waals surface area contributed by atoms with Gasteiger partial charge in [0.1, 0.15) is 11.6 Å². The van der Waals surface area contributed by atoms with Crippen molar-refractivity contribution in [3.8, 4) is 33.6 Å². The Hall–Kier alpha value is -5.26. The van der Waals surface area contributed by atoms with Crippen molar-refractivity contribution in [3.63, 3.8) is 0 Å². The molecule has 2 N–H and O–H groups in total. The number of imidazole rings is 2. The lowest BCUT2D eigenvalue weighted by molar-refractivity contribution is -0.153. The molecule has 4 amide bonds. The molecule has 12 nitrogen and oxygen atoms in total. The van der Waals surface area contributed by atoms with Gasteiger partial charge in [0.2, 0.25) is 0 Å². The van der Waals surface area contributed by atoms with Gasteiger partial charge in [0.05, 0.1) is 35.9 Å². The van der Waals surface area contributed by atoms with E-state index in [1.54, 1.807) is 9.80 Å². The molecule has 2 aromatic carbocycles. The molecule has 10 rings (SSSR count). The maximum atomic E-state index is 13.6. The highest BCUT2D eigenvalue weighted by atomic mass is 16.2. The van der Waals surface area contributed by atoms with Gasteiger partial charge < -0.3 is 29.6 Å². The largest absolute Gasteiger partial charge is 0.340 e. The minimum absolute atomic E-state index is 0.190. The summed E-state index contributed by atoms with van der Waals surface area (Å²) in [4.78, 5) is 77.6. The van der Waals surface area contributed by atoms with E-state index in [0.717, 1.165) is 109 Å². The maximum Gasteiger partial charge on any atom is 0.312 e. The Bertz CT molecular complexity index is 1980. The van der Waals surface area contributed by atoms with Gasteiger partial charge in [-0.3, -0.25) is 19.2 Å². The van der Waals surface area contributed by atoms with Crippen molar-refractivity contribution in [3.05, 3.63) is 72.6 Å². The normalized spacial score (nSPS) is 24.8. The highest BCUT2D eigenvalue weighted by Gasteiger charge is 2.49. The van der Waals surface area contributed by atoms with Gasteiger partial charge in [-0.2, -0.15) is 0 Å². The molecule has 2 aliphatic heterocycles. The average molecular weight is 755 g/mol. The number of H-pyrrole nitrogens is 2. The van der Waals surface area contributed by atoms with Crippen molar-refractivity contribution in [1.82, 2.24) is 39.5 Å². The van der Waals surface area contributed by atoms with Crippen LogP contribution in [0, 0.1) is 11.8 Å². The van der Waals surface area contributed by atoms with E-state index in [4.69, 9.17) is 9.97 Å². The third kappa shape index (κ3) is 6.50. The minimum Gasteiger partial charge on any atom is -0.340 e. The molecule has 6 fully saturated rings. The maximum absolute atomic E-state index is 13.6. The second-order valence-electron chi connectivity index (χ2n) is 17.3. The van der Waals surface area contributed by atoms with Gasteiger partial charge in [-0.25, -0.2) is 9.97 Å². The Morgan fingerprint density at radius 2 is 0.839 bits per heavy atom. The van der Waals surface area contributed by atoms with E-state index in [9.17, 15) is 19.2 Å². The second-order valence-corrected chi connectivity index (χ2v) is 17.3. The van der Waals surface area contributed by atoms with Crippen molar-refractivity contribution in [2.24, 2.45) is 11.8 Å². The fourth-order valence-corrected chi connectivity index (χ4v) is 9.27. The van der Waals surface area contributed by atoms with E-state index in [1.807, 2.05) is 22.2 Å². The van der Waals surface area contributed by atoms with Crippen LogP contribution in [0.2, 0.25) is 0 Å². The van der Waals surface area contributed by atoms with Crippen LogP contribution >= 0.6 is 0 Å². The molecule has 0 bridgehead atoms. The predicted molar refractivity (Wildman–Crippen MR) is 209 cm³/mol. The van der Waals surface area contributed by atoms with Gasteiger partial charge in [0.15, 0.2) is 0 Å². The van der Waals surface area contributed by atoms with Crippen LogP contribution < -0.4 is 0 Å². The lowest BCUT2D eigenvalue weighted by Gasteiger charge is -2.28. The highest BCUT2D eigenvalue weighted by Crippen LogP contribution is 2.42. The number of benzene rings is 2. The van der Waals surface area contributed by atoms with Gasteiger partial charge in [0.25, 0.3) is 0 Å². The van der Waals surface area contributed by atoms with Crippen LogP contribution in [0.1, 0.15) is 102 Å². The van der Waals surface area contributed by atoms with Crippen LogP contribution in [-0.2, 0) is 19.2 Å². The summed E-state index contributed by atoms with van der Waals surface area (Å²) < 4.78 is 0. The molecular weight excluding hydrogens is 705 g/mol. The lowest BCUT2D eigenvalue weighted by atomic mass is 10.0. The molecule has 4 saturated carbocycles. The van der Waals surface area contributed by atoms with Crippen LogP contribution in [-0.4, -0.2) is 100 Å². The zero-order valence-electron chi connectivity index (χ0n) is 32.2. The smallest absolute Gasteiger partial charge is 0.312 e. The number of hydrogen-bond acceptors (Lipinski definition) is 6. The molecule has 4 atom stereocenters. The first kappa shape index (κ1) is 35.2. The van der Waals surface area contributed by atoms with Crippen LogP contribution in [0.15, 0.2) is 60.9 Å². The van der Waals surface area contributed by atoms with Gasteiger partial charge >= 0.3 is 23.6 Å². The number of nitrogens with zero attached hydrogens (tertiary/aromatic N) is 6. The summed E-state index contributed by atoms with van der Waals surface area (Å²) in [6.45, 7) is 5.38. The molecule has 2 saturated heterocycles. The first-order chi connectivity index (χ1) is 27.2. The topological polar surface area (TPSA) is 139 Å². The summed E-state index contributed by atoms with van der Waals surface area (Å²) in [6.07, 6.45) is 13.3. The fraction of sp³-hybridized carbons (Fsp3) is 0.500. The minimum atomic E-state index is -0.390. The van der Waals surface area contributed by atoms with Crippen LogP contribution in [0.5, 0.6) is 0 Å². The summed E-state index contributed by atoms with van der Waals surface area (Å²) in [7, 11) is 0. The number of aromatic amines is 2. The summed E-state index contributed by atoms with van der Waals surface area (Å²) in [5, 5.41) is 0. The summed E-state index contributed by atoms with van der Waals surface area (Å²) in [6, 6.07) is 17.1. The Balaban J connectivity index is 0.803. The van der Waals surface area contributed by atoms with Crippen molar-refractivity contribution in [2.45, 2.75) is 114 Å². The molecule has 2 unspecified atom stereocenters. The second kappa shape index (κ2) is 13.7. The number of nitrogens with one attached hydrogen (secondary N) is 2. The van der Waals surface area contributed by atoms with E-state index in [-0.39, 0.29) is 59.9 Å². The number of likely N-dealkylation sites (tertiary alicyclic amines) is 2. The molecule has 290 valence electrons. The first-order valence-electron chi connectivity index (χ1n) is 20.8. The number of rotatable bonds is 9. The average Bonchev–Trinajstić information content (AvgIpc) is 4.08. The van der Waals surface area contributed by atoms with E-state index in [2.05, 4.69) is 72.3 Å². The molecule has 6 aliphatic rings. The van der Waals surface area contributed by atoms with Crippen LogP contribution in [0.3, 0.4) is 0 Å². The molecule has 0 radical (unpaired) electrons. The fourth-order valence-electron chi connectivity index (χ4n) is 9.27. The summed E-state index contributed by atoms with van der Waals surface area (Å²) in [5.41, 5.74) is 5.88. The third-order valence-corrected chi connectivity index (χ3v) is 13.0. The van der Waals surface area contributed by atoms with E-state index in [0.29, 0.717) is 13.1 Å². The van der Waals surface area contributed by atoms with Crippen molar-refractivity contribution in [2.75, 3.05) is 13.1 Å². The molecule has 12 heteroatoms. The monoisotopic (exact) mass is 754 g/mol. The number of carbonyl (C=O) groups is 4. The molecule has 4 heterocycles. The molecule has 56 heavy (non-hydrogen) atoms.